The fraction of sp³-hybridized carbons (Fsp3) is 0.167. The van der Waals surface area contributed by atoms with Gasteiger partial charge in [-0.1, -0.05) is 0 Å². The first-order valence-electron chi connectivity index (χ1n) is 5.38. The fourth-order valence-electron chi connectivity index (χ4n) is 1.59. The Morgan fingerprint density at radius 1 is 1.42 bits per heavy atom. The molecule has 0 aliphatic heterocycles. The van der Waals surface area contributed by atoms with Crippen molar-refractivity contribution in [3.05, 3.63) is 33.8 Å². The van der Waals surface area contributed by atoms with E-state index in [1.807, 2.05) is 0 Å². The molecule has 2 aromatic heterocycles. The quantitative estimate of drug-likeness (QED) is 0.801. The van der Waals surface area contributed by atoms with Gasteiger partial charge in [-0.25, -0.2) is 4.79 Å². The van der Waals surface area contributed by atoms with Gasteiger partial charge in [0.05, 0.1) is 17.7 Å². The lowest BCUT2D eigenvalue weighted by Gasteiger charge is -2.02. The number of carboxylic acids is 1. The average molecular weight is 280 g/mol. The molecule has 0 saturated carbocycles. The summed E-state index contributed by atoms with van der Waals surface area (Å²) in [5.74, 6) is -0.888. The van der Waals surface area contributed by atoms with E-state index >= 15 is 0 Å². The highest BCUT2D eigenvalue weighted by Gasteiger charge is 2.17. The first-order valence-corrected chi connectivity index (χ1v) is 6.26. The first-order chi connectivity index (χ1) is 9.01. The van der Waals surface area contributed by atoms with Crippen LogP contribution >= 0.6 is 11.3 Å². The molecular formula is C12H12N2O4S. The summed E-state index contributed by atoms with van der Waals surface area (Å²) in [5.41, 5.74) is 0.883. The Balaban J connectivity index is 2.21. The molecule has 0 fully saturated rings. The predicted octanol–water partition coefficient (Wildman–Crippen LogP) is 2.34. The Kier molecular flexibility index (Phi) is 3.57. The van der Waals surface area contributed by atoms with Crippen molar-refractivity contribution in [1.29, 1.82) is 0 Å². The van der Waals surface area contributed by atoms with Crippen molar-refractivity contribution in [3.8, 4) is 5.75 Å². The summed E-state index contributed by atoms with van der Waals surface area (Å²) >= 11 is 1.23. The Labute approximate surface area is 113 Å². The molecule has 0 radical (unpaired) electrons. The topological polar surface area (TPSA) is 91.4 Å². The predicted molar refractivity (Wildman–Crippen MR) is 71.3 cm³/mol. The second-order valence-electron chi connectivity index (χ2n) is 3.85. The molecular weight excluding hydrogens is 268 g/mol. The summed E-state index contributed by atoms with van der Waals surface area (Å²) < 4.78 is 4.99. The van der Waals surface area contributed by atoms with E-state index in [1.54, 1.807) is 24.4 Å². The minimum atomic E-state index is -1.12. The number of rotatable bonds is 4. The third kappa shape index (κ3) is 2.76. The Morgan fingerprint density at radius 3 is 2.74 bits per heavy atom. The van der Waals surface area contributed by atoms with Crippen LogP contribution in [-0.2, 0) is 0 Å². The summed E-state index contributed by atoms with van der Waals surface area (Å²) in [6.07, 6.45) is 0. The van der Waals surface area contributed by atoms with Gasteiger partial charge in [-0.05, 0) is 13.0 Å². The highest BCUT2D eigenvalue weighted by Crippen LogP contribution is 2.23. The van der Waals surface area contributed by atoms with Crippen LogP contribution in [0.1, 0.15) is 25.9 Å². The zero-order valence-corrected chi connectivity index (χ0v) is 11.1. The van der Waals surface area contributed by atoms with Crippen LogP contribution < -0.4 is 10.1 Å². The highest BCUT2D eigenvalue weighted by molar-refractivity contribution is 7.12. The Hall–Kier alpha value is -2.28. The van der Waals surface area contributed by atoms with Crippen molar-refractivity contribution < 1.29 is 19.4 Å². The van der Waals surface area contributed by atoms with E-state index in [0.29, 0.717) is 16.3 Å². The van der Waals surface area contributed by atoms with Crippen molar-refractivity contribution >= 4 is 28.9 Å². The molecule has 2 heterocycles. The molecule has 6 nitrogen and oxygen atoms in total. The number of H-pyrrole nitrogens is 1. The summed E-state index contributed by atoms with van der Waals surface area (Å²) in [7, 11) is 1.52. The first kappa shape index (κ1) is 13.2. The molecule has 2 rings (SSSR count). The normalized spacial score (nSPS) is 10.2. The minimum Gasteiger partial charge on any atom is -0.496 e. The zero-order chi connectivity index (χ0) is 14.0. The van der Waals surface area contributed by atoms with Crippen molar-refractivity contribution in [1.82, 2.24) is 4.98 Å². The van der Waals surface area contributed by atoms with E-state index in [-0.39, 0.29) is 17.3 Å². The molecule has 0 aliphatic carbocycles. The molecule has 0 spiro atoms. The average Bonchev–Trinajstić information content (AvgIpc) is 2.95. The van der Waals surface area contributed by atoms with Gasteiger partial charge in [-0.15, -0.1) is 11.3 Å². The number of aromatic carboxylic acids is 1. The number of aryl methyl sites for hydroxylation is 1. The van der Waals surface area contributed by atoms with Gasteiger partial charge >= 0.3 is 5.97 Å². The lowest BCUT2D eigenvalue weighted by molar-refractivity contribution is 0.0692. The van der Waals surface area contributed by atoms with E-state index < -0.39 is 5.97 Å². The SMILES string of the molecule is COc1csc(C(=O)Nc2cc(C)[nH]c2C(=O)O)c1. The Bertz CT molecular complexity index is 629. The molecule has 19 heavy (non-hydrogen) atoms. The number of amides is 1. The second-order valence-corrected chi connectivity index (χ2v) is 4.76. The molecule has 0 unspecified atom stereocenters. The van der Waals surface area contributed by atoms with Crippen molar-refractivity contribution in [2.24, 2.45) is 0 Å². The molecule has 0 aromatic carbocycles. The van der Waals surface area contributed by atoms with Gasteiger partial charge in [0.15, 0.2) is 0 Å². The molecule has 0 atom stereocenters. The minimum absolute atomic E-state index is 0.0330. The van der Waals surface area contributed by atoms with Crippen LogP contribution in [0.2, 0.25) is 0 Å². The number of carbonyl (C=O) groups excluding carboxylic acids is 1. The summed E-state index contributed by atoms with van der Waals surface area (Å²) in [6, 6.07) is 3.17. The molecule has 1 amide bonds. The lowest BCUT2D eigenvalue weighted by Crippen LogP contribution is -2.12. The van der Waals surface area contributed by atoms with Crippen LogP contribution in [0.15, 0.2) is 17.5 Å². The van der Waals surface area contributed by atoms with Crippen molar-refractivity contribution in [2.45, 2.75) is 6.92 Å². The molecule has 0 saturated heterocycles. The number of ether oxygens (including phenoxy) is 1. The van der Waals surface area contributed by atoms with E-state index in [2.05, 4.69) is 10.3 Å². The van der Waals surface area contributed by atoms with E-state index in [4.69, 9.17) is 9.84 Å². The van der Waals surface area contributed by atoms with Crippen LogP contribution in [0.4, 0.5) is 5.69 Å². The second kappa shape index (κ2) is 5.15. The van der Waals surface area contributed by atoms with Gasteiger partial charge in [0.25, 0.3) is 5.91 Å². The highest BCUT2D eigenvalue weighted by atomic mass is 32.1. The van der Waals surface area contributed by atoms with E-state index in [9.17, 15) is 9.59 Å². The van der Waals surface area contributed by atoms with Gasteiger partial charge in [-0.3, -0.25) is 4.79 Å². The van der Waals surface area contributed by atoms with Crippen LogP contribution in [0.3, 0.4) is 0 Å². The number of nitrogens with one attached hydrogen (secondary N) is 2. The number of aromatic amines is 1. The molecule has 3 N–H and O–H groups in total. The number of carboxylic acid groups (broad SMARTS) is 1. The van der Waals surface area contributed by atoms with Gasteiger partial charge in [0.1, 0.15) is 11.4 Å². The van der Waals surface area contributed by atoms with Crippen molar-refractivity contribution in [3.63, 3.8) is 0 Å². The molecule has 100 valence electrons. The van der Waals surface area contributed by atoms with Gasteiger partial charge < -0.3 is 20.1 Å². The van der Waals surface area contributed by atoms with Gasteiger partial charge in [0, 0.05) is 17.1 Å². The Morgan fingerprint density at radius 2 is 2.16 bits per heavy atom. The van der Waals surface area contributed by atoms with Crippen LogP contribution in [0.5, 0.6) is 5.75 Å². The monoisotopic (exact) mass is 280 g/mol. The third-order valence-corrected chi connectivity index (χ3v) is 3.36. The van der Waals surface area contributed by atoms with Gasteiger partial charge in [0.2, 0.25) is 0 Å². The van der Waals surface area contributed by atoms with Crippen LogP contribution in [0.25, 0.3) is 0 Å². The summed E-state index contributed by atoms with van der Waals surface area (Å²) in [6.45, 7) is 1.72. The van der Waals surface area contributed by atoms with Crippen molar-refractivity contribution in [2.75, 3.05) is 12.4 Å². The van der Waals surface area contributed by atoms with Crippen LogP contribution in [-0.4, -0.2) is 29.1 Å². The number of methoxy groups -OCH3 is 1. The lowest BCUT2D eigenvalue weighted by atomic mass is 10.3. The van der Waals surface area contributed by atoms with Gasteiger partial charge in [-0.2, -0.15) is 0 Å². The fourth-order valence-corrected chi connectivity index (χ4v) is 2.33. The number of hydrogen-bond donors (Lipinski definition) is 3. The third-order valence-electron chi connectivity index (χ3n) is 2.45. The molecule has 0 aliphatic rings. The number of thiophene rings is 1. The van der Waals surface area contributed by atoms with E-state index in [1.165, 1.54) is 18.4 Å². The van der Waals surface area contributed by atoms with E-state index in [0.717, 1.165) is 0 Å². The summed E-state index contributed by atoms with van der Waals surface area (Å²) in [5, 5.41) is 13.3. The van der Waals surface area contributed by atoms with Crippen LogP contribution in [0, 0.1) is 6.92 Å². The molecule has 2 aromatic rings. The smallest absolute Gasteiger partial charge is 0.354 e. The largest absolute Gasteiger partial charge is 0.496 e. The summed E-state index contributed by atoms with van der Waals surface area (Å²) in [4.78, 5) is 26.1. The number of hydrogen-bond acceptors (Lipinski definition) is 4. The maximum absolute atomic E-state index is 12.0. The number of carbonyl (C=O) groups is 2. The molecule has 0 bridgehead atoms. The number of aromatic nitrogens is 1. The number of anilines is 1. The maximum Gasteiger partial charge on any atom is 0.354 e. The molecule has 7 heteroatoms. The maximum atomic E-state index is 12.0. The zero-order valence-electron chi connectivity index (χ0n) is 10.3. The standard InChI is InChI=1S/C12H12N2O4S/c1-6-3-8(10(13-6)12(16)17)14-11(15)9-4-7(18-2)5-19-9/h3-5,13H,1-2H3,(H,14,15)(H,16,17).